The van der Waals surface area contributed by atoms with Gasteiger partial charge in [0.15, 0.2) is 6.29 Å². The lowest BCUT2D eigenvalue weighted by atomic mass is 9.78. The molecule has 2 heterocycles. The Bertz CT molecular complexity index is 1030. The number of hydrogen-bond donors (Lipinski definition) is 14. The molecule has 0 aromatic rings. The Balaban J connectivity index is 1.78. The molecule has 0 aromatic heterocycles. The number of amides is 1. The van der Waals surface area contributed by atoms with Gasteiger partial charge in [0.05, 0.1) is 31.1 Å². The fourth-order valence-electron chi connectivity index (χ4n) is 6.19. The predicted molar refractivity (Wildman–Crippen MR) is 167 cm³/mol. The molecule has 2 aliphatic heterocycles. The molecular formula is C29H56N6O13. The summed E-state index contributed by atoms with van der Waals surface area (Å²) in [5.74, 6) is -1.36. The van der Waals surface area contributed by atoms with Crippen LogP contribution in [0.2, 0.25) is 0 Å². The van der Waals surface area contributed by atoms with Crippen LogP contribution in [0.15, 0.2) is 11.8 Å². The number of nitrogens with two attached hydrogens (primary N) is 3. The number of hydrogen-bond acceptors (Lipinski definition) is 18. The summed E-state index contributed by atoms with van der Waals surface area (Å²) in [5, 5.41) is 93.0. The minimum absolute atomic E-state index is 0.0152. The van der Waals surface area contributed by atoms with E-state index in [1.165, 1.54) is 6.92 Å². The van der Waals surface area contributed by atoms with E-state index in [2.05, 4.69) is 16.0 Å². The monoisotopic (exact) mass is 696 g/mol. The third-order valence-corrected chi connectivity index (χ3v) is 9.05. The number of rotatable bonds is 16. The highest BCUT2D eigenvalue weighted by molar-refractivity contribution is 5.80. The van der Waals surface area contributed by atoms with Gasteiger partial charge in [0.2, 0.25) is 12.2 Å². The number of aliphatic hydroxyl groups is 8. The normalized spacial score (nSPS) is 41.1. The number of nitrogens with one attached hydrogen (secondary N) is 3. The topological polar surface area (TPSA) is 330 Å². The van der Waals surface area contributed by atoms with E-state index in [1.54, 1.807) is 7.05 Å². The highest BCUT2D eigenvalue weighted by Crippen LogP contribution is 2.35. The first kappa shape index (κ1) is 40.8. The summed E-state index contributed by atoms with van der Waals surface area (Å²) in [7, 11) is 1.55. The molecule has 2 saturated heterocycles. The van der Waals surface area contributed by atoms with Crippen LogP contribution in [0.5, 0.6) is 0 Å². The SMILES string of the molecule is CN[C@@H]1[C@@H](O)[C@@H](O[C@H]2[C@H](CNC(=O)[C@@H](O)CCN)C[C@H](N)C(=CO[C@H]3O[C@H](CNCC(O)CCN)[C@@H](O)[C@H](O)[C@H]3O)[C@@H]2O)OC[C@]1(C)O. The molecule has 1 saturated carbocycles. The van der Waals surface area contributed by atoms with Crippen molar-refractivity contribution in [1.29, 1.82) is 0 Å². The number of carbonyl (C=O) groups excluding carboxylic acids is 1. The van der Waals surface area contributed by atoms with Crippen molar-refractivity contribution < 1.29 is 64.6 Å². The maximum absolute atomic E-state index is 12.4. The van der Waals surface area contributed by atoms with Gasteiger partial charge in [0.1, 0.15) is 48.3 Å². The average Bonchev–Trinajstić information content (AvgIpc) is 3.03. The van der Waals surface area contributed by atoms with Gasteiger partial charge in [-0.05, 0) is 46.3 Å². The summed E-state index contributed by atoms with van der Waals surface area (Å²) in [6, 6.07) is -1.74. The fourth-order valence-corrected chi connectivity index (χ4v) is 6.19. The molecule has 3 rings (SSSR count). The third-order valence-electron chi connectivity index (χ3n) is 9.05. The van der Waals surface area contributed by atoms with Crippen LogP contribution >= 0.6 is 0 Å². The van der Waals surface area contributed by atoms with Gasteiger partial charge in [-0.3, -0.25) is 4.79 Å². The lowest BCUT2D eigenvalue weighted by Crippen LogP contribution is -2.66. The smallest absolute Gasteiger partial charge is 0.248 e. The van der Waals surface area contributed by atoms with Crippen LogP contribution in [-0.2, 0) is 23.7 Å². The highest BCUT2D eigenvalue weighted by Gasteiger charge is 2.50. The molecule has 1 amide bonds. The molecule has 17 N–H and O–H groups in total. The average molecular weight is 697 g/mol. The Hall–Kier alpha value is -1.63. The van der Waals surface area contributed by atoms with Gasteiger partial charge in [-0.1, -0.05) is 0 Å². The van der Waals surface area contributed by atoms with E-state index >= 15 is 0 Å². The Morgan fingerprint density at radius 3 is 2.38 bits per heavy atom. The van der Waals surface area contributed by atoms with Crippen LogP contribution in [0.1, 0.15) is 26.2 Å². The molecule has 0 aromatic carbocycles. The van der Waals surface area contributed by atoms with Gasteiger partial charge in [-0.2, -0.15) is 0 Å². The molecule has 19 nitrogen and oxygen atoms in total. The number of likely N-dealkylation sites (N-methyl/N-ethyl adjacent to an activating group) is 1. The molecule has 0 radical (unpaired) electrons. The van der Waals surface area contributed by atoms with Crippen LogP contribution < -0.4 is 33.2 Å². The number of carbonyl (C=O) groups is 1. The van der Waals surface area contributed by atoms with E-state index in [1.807, 2.05) is 0 Å². The Kier molecular flexibility index (Phi) is 15.8. The second-order valence-corrected chi connectivity index (χ2v) is 12.9. The summed E-state index contributed by atoms with van der Waals surface area (Å²) in [6.45, 7) is 1.66. The molecule has 0 spiro atoms. The molecule has 280 valence electrons. The van der Waals surface area contributed by atoms with Gasteiger partial charge in [-0.25, -0.2) is 0 Å². The van der Waals surface area contributed by atoms with Crippen LogP contribution in [0, 0.1) is 5.92 Å². The second-order valence-electron chi connectivity index (χ2n) is 12.9. The molecule has 3 aliphatic rings. The van der Waals surface area contributed by atoms with Gasteiger partial charge in [0, 0.05) is 37.2 Å². The van der Waals surface area contributed by atoms with E-state index in [9.17, 15) is 45.6 Å². The van der Waals surface area contributed by atoms with Crippen molar-refractivity contribution >= 4 is 5.91 Å². The Morgan fingerprint density at radius 1 is 1.04 bits per heavy atom. The van der Waals surface area contributed by atoms with Crippen LogP contribution in [0.4, 0.5) is 0 Å². The number of ether oxygens (including phenoxy) is 4. The van der Waals surface area contributed by atoms with Crippen LogP contribution in [0.25, 0.3) is 0 Å². The first-order valence-electron chi connectivity index (χ1n) is 16.2. The van der Waals surface area contributed by atoms with E-state index in [0.29, 0.717) is 6.42 Å². The van der Waals surface area contributed by atoms with Crippen LogP contribution in [-0.4, -0.2) is 178 Å². The van der Waals surface area contributed by atoms with Crippen molar-refractivity contribution in [2.75, 3.05) is 46.4 Å². The molecule has 1 unspecified atom stereocenters. The standard InChI is InChI=1S/C29H56N6O13/c1-29(44)12-46-28(23(42)25(29)33-2)48-24-13(8-35-26(43)17(37)4-6-31)7-16(32)15(19(24)38)11-45-27-22(41)21(40)20(39)18(47-27)10-34-9-14(36)3-5-30/h11,13-14,16-25,27-28,33-34,36-42,44H,3-10,12,30-32H2,1-2H3,(H,35,43)/t13-,14?,16-,17-,18+,19-,20+,21-,22+,23+,24-,25+,27-,28+,29-/m0/s1. The Labute approximate surface area is 279 Å². The van der Waals surface area contributed by atoms with Gasteiger partial charge in [0.25, 0.3) is 0 Å². The van der Waals surface area contributed by atoms with Crippen molar-refractivity contribution in [2.24, 2.45) is 23.1 Å². The van der Waals surface area contributed by atoms with Crippen LogP contribution in [0.3, 0.4) is 0 Å². The fraction of sp³-hybridized carbons (Fsp3) is 0.897. The lowest BCUT2D eigenvalue weighted by molar-refractivity contribution is -0.293. The molecule has 0 bridgehead atoms. The quantitative estimate of drug-likeness (QED) is 0.0666. The first-order valence-corrected chi connectivity index (χ1v) is 16.2. The van der Waals surface area contributed by atoms with Crippen molar-refractivity contribution in [3.8, 4) is 0 Å². The number of aliphatic hydroxyl groups excluding tert-OH is 7. The van der Waals surface area contributed by atoms with E-state index in [-0.39, 0.29) is 57.7 Å². The largest absolute Gasteiger partial charge is 0.469 e. The predicted octanol–water partition coefficient (Wildman–Crippen LogP) is -7.03. The summed E-state index contributed by atoms with van der Waals surface area (Å²) < 4.78 is 23.1. The molecule has 19 heteroatoms. The minimum Gasteiger partial charge on any atom is -0.469 e. The Morgan fingerprint density at radius 2 is 1.73 bits per heavy atom. The van der Waals surface area contributed by atoms with Gasteiger partial charge >= 0.3 is 0 Å². The minimum atomic E-state index is -1.69. The maximum Gasteiger partial charge on any atom is 0.248 e. The van der Waals surface area contributed by atoms with Crippen molar-refractivity contribution in [3.63, 3.8) is 0 Å². The zero-order valence-corrected chi connectivity index (χ0v) is 27.4. The van der Waals surface area contributed by atoms with E-state index < -0.39 is 97.0 Å². The third kappa shape index (κ3) is 10.2. The van der Waals surface area contributed by atoms with E-state index in [0.717, 1.165) is 6.26 Å². The zero-order chi connectivity index (χ0) is 35.8. The van der Waals surface area contributed by atoms with E-state index in [4.69, 9.17) is 36.1 Å². The maximum atomic E-state index is 12.4. The second kappa shape index (κ2) is 18.6. The summed E-state index contributed by atoms with van der Waals surface area (Å²) >= 11 is 0. The van der Waals surface area contributed by atoms with Crippen molar-refractivity contribution in [2.45, 2.75) is 111 Å². The zero-order valence-electron chi connectivity index (χ0n) is 27.4. The molecule has 15 atom stereocenters. The van der Waals surface area contributed by atoms with Gasteiger partial charge < -0.3 is 93.0 Å². The molecule has 1 aliphatic carbocycles. The molecular weight excluding hydrogens is 640 g/mol. The molecule has 3 fully saturated rings. The van der Waals surface area contributed by atoms with Crippen molar-refractivity contribution in [3.05, 3.63) is 11.8 Å². The van der Waals surface area contributed by atoms with Crippen molar-refractivity contribution in [1.82, 2.24) is 16.0 Å². The summed E-state index contributed by atoms with van der Waals surface area (Å²) in [6.07, 6.45) is -13.3. The summed E-state index contributed by atoms with van der Waals surface area (Å²) in [5.41, 5.74) is 15.9. The van der Waals surface area contributed by atoms with Gasteiger partial charge in [-0.15, -0.1) is 0 Å². The lowest BCUT2D eigenvalue weighted by Gasteiger charge is -2.47. The highest BCUT2D eigenvalue weighted by atomic mass is 16.7. The molecule has 48 heavy (non-hydrogen) atoms. The summed E-state index contributed by atoms with van der Waals surface area (Å²) in [4.78, 5) is 12.4. The first-order chi connectivity index (χ1) is 22.7.